The van der Waals surface area contributed by atoms with Gasteiger partial charge in [-0.15, -0.1) is 0 Å². The van der Waals surface area contributed by atoms with Crippen LogP contribution in [-0.4, -0.2) is 32.8 Å². The average Bonchev–Trinajstić information content (AvgIpc) is 2.25. The van der Waals surface area contributed by atoms with Gasteiger partial charge in [0, 0.05) is 13.6 Å². The van der Waals surface area contributed by atoms with Crippen molar-refractivity contribution in [3.05, 3.63) is 24.0 Å². The van der Waals surface area contributed by atoms with Gasteiger partial charge in [-0.05, 0) is 26.1 Å². The van der Waals surface area contributed by atoms with Gasteiger partial charge in [0.1, 0.15) is 23.4 Å². The van der Waals surface area contributed by atoms with E-state index in [1.807, 2.05) is 32.0 Å². The molecule has 0 saturated carbocycles. The van der Waals surface area contributed by atoms with E-state index < -0.39 is 0 Å². The molecule has 0 amide bonds. The third-order valence-corrected chi connectivity index (χ3v) is 3.14. The maximum absolute atomic E-state index is 13.7. The number of hydrogen-bond donors (Lipinski definition) is 1. The molecule has 1 N–H and O–H groups in total. The molecule has 88 valence electrons. The van der Waals surface area contributed by atoms with Crippen LogP contribution in [0.2, 0.25) is 0 Å². The van der Waals surface area contributed by atoms with E-state index in [-0.39, 0.29) is 18.0 Å². The Kier molecular flexibility index (Phi) is 3.01. The number of ether oxygens (including phenoxy) is 1. The molecular formula is C12H17FN2O. The van der Waals surface area contributed by atoms with Gasteiger partial charge in [-0.2, -0.15) is 0 Å². The van der Waals surface area contributed by atoms with E-state index in [2.05, 4.69) is 5.32 Å². The summed E-state index contributed by atoms with van der Waals surface area (Å²) in [5.41, 5.74) is 0.558. The minimum absolute atomic E-state index is 0.0456. The second-order valence-corrected chi connectivity index (χ2v) is 4.15. The Morgan fingerprint density at radius 3 is 2.94 bits per heavy atom. The summed E-state index contributed by atoms with van der Waals surface area (Å²) in [5, 5.41) is 3.09. The van der Waals surface area contributed by atoms with Crippen molar-refractivity contribution < 1.29 is 9.13 Å². The van der Waals surface area contributed by atoms with Gasteiger partial charge in [0.05, 0.1) is 6.04 Å². The summed E-state index contributed by atoms with van der Waals surface area (Å²) in [5.74, 6) is 0.399. The Morgan fingerprint density at radius 1 is 1.50 bits per heavy atom. The van der Waals surface area contributed by atoms with Crippen LogP contribution in [0.1, 0.15) is 6.92 Å². The zero-order valence-electron chi connectivity index (χ0n) is 9.83. The summed E-state index contributed by atoms with van der Waals surface area (Å²) < 4.78 is 19.5. The zero-order valence-corrected chi connectivity index (χ0v) is 9.83. The molecule has 1 aliphatic heterocycles. The van der Waals surface area contributed by atoms with E-state index in [0.29, 0.717) is 11.4 Å². The number of halogens is 1. The number of rotatable bonds is 2. The molecular weight excluding hydrogens is 207 g/mol. The number of benzene rings is 1. The van der Waals surface area contributed by atoms with Crippen LogP contribution in [0.15, 0.2) is 18.2 Å². The highest BCUT2D eigenvalue weighted by Crippen LogP contribution is 2.36. The number of likely N-dealkylation sites (N-methyl/N-ethyl adjacent to an activating group) is 2. The molecule has 2 atom stereocenters. The van der Waals surface area contributed by atoms with E-state index >= 15 is 0 Å². The summed E-state index contributed by atoms with van der Waals surface area (Å²) >= 11 is 0. The molecule has 1 aromatic rings. The lowest BCUT2D eigenvalue weighted by Gasteiger charge is -2.39. The van der Waals surface area contributed by atoms with Crippen molar-refractivity contribution in [3.8, 4) is 5.75 Å². The largest absolute Gasteiger partial charge is 0.485 e. The fourth-order valence-electron chi connectivity index (χ4n) is 2.06. The van der Waals surface area contributed by atoms with Crippen LogP contribution in [0, 0.1) is 5.82 Å². The second-order valence-electron chi connectivity index (χ2n) is 4.15. The van der Waals surface area contributed by atoms with Crippen molar-refractivity contribution in [2.75, 3.05) is 25.5 Å². The van der Waals surface area contributed by atoms with Gasteiger partial charge in [-0.3, -0.25) is 0 Å². The summed E-state index contributed by atoms with van der Waals surface area (Å²) in [7, 11) is 3.79. The number of nitrogens with one attached hydrogen (secondary N) is 1. The van der Waals surface area contributed by atoms with Crippen LogP contribution in [0.3, 0.4) is 0 Å². The molecule has 3 nitrogen and oxygen atoms in total. The van der Waals surface area contributed by atoms with Crippen molar-refractivity contribution in [2.24, 2.45) is 0 Å². The molecule has 16 heavy (non-hydrogen) atoms. The van der Waals surface area contributed by atoms with Crippen LogP contribution in [0.25, 0.3) is 0 Å². The van der Waals surface area contributed by atoms with Crippen LogP contribution in [-0.2, 0) is 0 Å². The molecule has 2 unspecified atom stereocenters. The molecule has 0 aliphatic carbocycles. The first-order chi connectivity index (χ1) is 7.65. The first-order valence-electron chi connectivity index (χ1n) is 5.47. The molecule has 1 aliphatic rings. The quantitative estimate of drug-likeness (QED) is 0.826. The molecule has 0 fully saturated rings. The predicted molar refractivity (Wildman–Crippen MR) is 62.6 cm³/mol. The van der Waals surface area contributed by atoms with Crippen molar-refractivity contribution in [3.63, 3.8) is 0 Å². The third kappa shape index (κ3) is 1.73. The van der Waals surface area contributed by atoms with Gasteiger partial charge in [-0.25, -0.2) is 4.39 Å². The van der Waals surface area contributed by atoms with Gasteiger partial charge >= 0.3 is 0 Å². The summed E-state index contributed by atoms with van der Waals surface area (Å²) in [4.78, 5) is 1.94. The highest BCUT2D eigenvalue weighted by atomic mass is 19.1. The van der Waals surface area contributed by atoms with Crippen molar-refractivity contribution in [1.29, 1.82) is 0 Å². The highest BCUT2D eigenvalue weighted by molar-refractivity contribution is 5.61. The van der Waals surface area contributed by atoms with Crippen LogP contribution in [0.4, 0.5) is 10.1 Å². The Bertz CT molecular complexity index is 383. The van der Waals surface area contributed by atoms with Gasteiger partial charge in [0.2, 0.25) is 0 Å². The summed E-state index contributed by atoms with van der Waals surface area (Å²) in [6, 6.07) is 5.10. The Morgan fingerprint density at radius 2 is 2.25 bits per heavy atom. The maximum atomic E-state index is 13.7. The normalized spacial score (nSPS) is 23.9. The molecule has 1 aromatic carbocycles. The van der Waals surface area contributed by atoms with Crippen molar-refractivity contribution >= 4 is 5.69 Å². The number of anilines is 1. The Labute approximate surface area is 95.2 Å². The van der Waals surface area contributed by atoms with E-state index in [0.717, 1.165) is 6.54 Å². The number of para-hydroxylation sites is 1. The smallest absolute Gasteiger partial charge is 0.150 e. The average molecular weight is 224 g/mol. The topological polar surface area (TPSA) is 24.5 Å². The monoisotopic (exact) mass is 224 g/mol. The number of nitrogens with zero attached hydrogens (tertiary/aromatic N) is 1. The fraction of sp³-hybridized carbons (Fsp3) is 0.500. The first-order valence-corrected chi connectivity index (χ1v) is 5.47. The van der Waals surface area contributed by atoms with E-state index in [1.165, 1.54) is 6.07 Å². The van der Waals surface area contributed by atoms with E-state index in [4.69, 9.17) is 4.74 Å². The lowest BCUT2D eigenvalue weighted by molar-refractivity contribution is 0.159. The lowest BCUT2D eigenvalue weighted by Crippen LogP contribution is -2.50. The number of hydrogen-bond acceptors (Lipinski definition) is 3. The number of fused-ring (bicyclic) bond motifs is 1. The van der Waals surface area contributed by atoms with Crippen LogP contribution < -0.4 is 15.0 Å². The molecule has 0 spiro atoms. The SMILES string of the molecule is CNCC1Oc2cccc(F)c2N(C)C1C. The highest BCUT2D eigenvalue weighted by Gasteiger charge is 2.31. The molecule has 1 heterocycles. The molecule has 4 heteroatoms. The van der Waals surface area contributed by atoms with E-state index in [9.17, 15) is 4.39 Å². The molecule has 0 bridgehead atoms. The van der Waals surface area contributed by atoms with Crippen molar-refractivity contribution in [1.82, 2.24) is 5.32 Å². The lowest BCUT2D eigenvalue weighted by atomic mass is 10.1. The molecule has 0 aromatic heterocycles. The van der Waals surface area contributed by atoms with Crippen LogP contribution in [0.5, 0.6) is 5.75 Å². The second kappa shape index (κ2) is 4.29. The van der Waals surface area contributed by atoms with E-state index in [1.54, 1.807) is 6.07 Å². The maximum Gasteiger partial charge on any atom is 0.150 e. The predicted octanol–water partition coefficient (Wildman–Crippen LogP) is 1.63. The molecule has 0 radical (unpaired) electrons. The first kappa shape index (κ1) is 11.2. The van der Waals surface area contributed by atoms with Gasteiger partial charge < -0.3 is 15.0 Å². The summed E-state index contributed by atoms with van der Waals surface area (Å²) in [6.45, 7) is 2.79. The van der Waals surface area contributed by atoms with Gasteiger partial charge in [0.15, 0.2) is 0 Å². The zero-order chi connectivity index (χ0) is 11.7. The van der Waals surface area contributed by atoms with Gasteiger partial charge in [0.25, 0.3) is 0 Å². The molecule has 0 saturated heterocycles. The molecule has 2 rings (SSSR count). The Hall–Kier alpha value is -1.29. The third-order valence-electron chi connectivity index (χ3n) is 3.14. The minimum atomic E-state index is -0.227. The van der Waals surface area contributed by atoms with Crippen LogP contribution >= 0.6 is 0 Å². The standard InChI is InChI=1S/C12H17FN2O/c1-8-11(7-14-2)16-10-6-4-5-9(13)12(10)15(8)3/h4-6,8,11,14H,7H2,1-3H3. The van der Waals surface area contributed by atoms with Crippen molar-refractivity contribution in [2.45, 2.75) is 19.1 Å². The fourth-order valence-corrected chi connectivity index (χ4v) is 2.06. The Balaban J connectivity index is 2.36. The summed E-state index contributed by atoms with van der Waals surface area (Å²) in [6.07, 6.45) is 0.0456. The van der Waals surface area contributed by atoms with Gasteiger partial charge in [-0.1, -0.05) is 6.07 Å². The minimum Gasteiger partial charge on any atom is -0.485 e.